The average Bonchev–Trinajstić information content (AvgIpc) is 2.47. The summed E-state index contributed by atoms with van der Waals surface area (Å²) in [6.45, 7) is 0.522. The lowest BCUT2D eigenvalue weighted by Crippen LogP contribution is -2.22. The summed E-state index contributed by atoms with van der Waals surface area (Å²) in [4.78, 5) is 15.9. The predicted octanol–water partition coefficient (Wildman–Crippen LogP) is 2.87. The van der Waals surface area contributed by atoms with E-state index in [4.69, 9.17) is 0 Å². The van der Waals surface area contributed by atoms with Crippen molar-refractivity contribution in [2.45, 2.75) is 12.3 Å². The predicted molar refractivity (Wildman–Crippen MR) is 79.1 cm³/mol. The van der Waals surface area contributed by atoms with Crippen molar-refractivity contribution in [3.63, 3.8) is 0 Å². The Labute approximate surface area is 117 Å². The van der Waals surface area contributed by atoms with Crippen LogP contribution in [0.25, 0.3) is 0 Å². The van der Waals surface area contributed by atoms with Crippen LogP contribution in [-0.2, 0) is 12.3 Å². The molecule has 98 valence electrons. The number of benzene rings is 1. The van der Waals surface area contributed by atoms with E-state index in [2.05, 4.69) is 16.6 Å². The molecule has 0 aliphatic heterocycles. The fourth-order valence-corrected chi connectivity index (χ4v) is 2.23. The second-order valence-electron chi connectivity index (χ2n) is 4.17. The maximum Gasteiger partial charge on any atom is 0.251 e. The van der Waals surface area contributed by atoms with E-state index in [1.54, 1.807) is 24.2 Å². The van der Waals surface area contributed by atoms with Gasteiger partial charge in [0.2, 0.25) is 0 Å². The van der Waals surface area contributed by atoms with Gasteiger partial charge in [0.05, 0.1) is 0 Å². The van der Waals surface area contributed by atoms with Crippen molar-refractivity contribution >= 4 is 17.7 Å². The molecule has 0 bridgehead atoms. The number of carbonyl (C=O) groups is 1. The summed E-state index contributed by atoms with van der Waals surface area (Å²) < 4.78 is 0. The molecule has 0 radical (unpaired) electrons. The Morgan fingerprint density at radius 1 is 1.11 bits per heavy atom. The molecule has 1 aromatic heterocycles. The van der Waals surface area contributed by atoms with E-state index in [0.717, 1.165) is 11.3 Å². The molecule has 1 amide bonds. The van der Waals surface area contributed by atoms with Gasteiger partial charge in [0.25, 0.3) is 5.91 Å². The number of nitrogens with zero attached hydrogens (tertiary/aromatic N) is 1. The maximum atomic E-state index is 12.0. The third-order valence-corrected chi connectivity index (χ3v) is 3.35. The number of rotatable bonds is 5. The number of hydrogen-bond acceptors (Lipinski definition) is 3. The molecule has 0 unspecified atom stereocenters. The molecule has 1 heterocycles. The maximum absolute atomic E-state index is 12.0. The van der Waals surface area contributed by atoms with Crippen LogP contribution < -0.4 is 5.32 Å². The molecule has 4 heteroatoms. The minimum Gasteiger partial charge on any atom is -0.348 e. The van der Waals surface area contributed by atoms with Crippen molar-refractivity contribution < 1.29 is 4.79 Å². The summed E-state index contributed by atoms with van der Waals surface area (Å²) >= 11 is 1.77. The number of thioether (sulfide) groups is 1. The Balaban J connectivity index is 1.92. The summed E-state index contributed by atoms with van der Waals surface area (Å²) in [7, 11) is 0. The van der Waals surface area contributed by atoms with Crippen LogP contribution in [0.15, 0.2) is 48.8 Å². The molecule has 2 rings (SSSR count). The second kappa shape index (κ2) is 6.95. The lowest BCUT2D eigenvalue weighted by Gasteiger charge is -2.06. The van der Waals surface area contributed by atoms with E-state index in [1.165, 1.54) is 5.56 Å². The first-order valence-corrected chi connectivity index (χ1v) is 7.44. The molecule has 1 aromatic carbocycles. The third-order valence-electron chi connectivity index (χ3n) is 2.73. The second-order valence-corrected chi connectivity index (χ2v) is 5.03. The summed E-state index contributed by atoms with van der Waals surface area (Å²) in [5.74, 6) is 0.923. The topological polar surface area (TPSA) is 42.0 Å². The van der Waals surface area contributed by atoms with Gasteiger partial charge in [-0.15, -0.1) is 0 Å². The number of pyridine rings is 1. The summed E-state index contributed by atoms with van der Waals surface area (Å²) in [6, 6.07) is 11.5. The minimum absolute atomic E-state index is 0.0486. The van der Waals surface area contributed by atoms with Gasteiger partial charge in [-0.1, -0.05) is 12.1 Å². The number of amides is 1. The Morgan fingerprint density at radius 3 is 2.42 bits per heavy atom. The van der Waals surface area contributed by atoms with E-state index in [9.17, 15) is 4.79 Å². The smallest absolute Gasteiger partial charge is 0.251 e. The van der Waals surface area contributed by atoms with Crippen molar-refractivity contribution in [2.75, 3.05) is 6.26 Å². The molecule has 0 spiro atoms. The Hall–Kier alpha value is -1.81. The van der Waals surface area contributed by atoms with Crippen molar-refractivity contribution in [3.8, 4) is 0 Å². The largest absolute Gasteiger partial charge is 0.348 e. The number of carbonyl (C=O) groups excluding carboxylic acids is 1. The number of hydrogen-bond donors (Lipinski definition) is 1. The van der Waals surface area contributed by atoms with Crippen LogP contribution in [0, 0.1) is 0 Å². The zero-order chi connectivity index (χ0) is 13.5. The van der Waals surface area contributed by atoms with Crippen LogP contribution in [0.4, 0.5) is 0 Å². The zero-order valence-electron chi connectivity index (χ0n) is 10.8. The molecule has 19 heavy (non-hydrogen) atoms. The molecule has 2 aromatic rings. The van der Waals surface area contributed by atoms with Gasteiger partial charge >= 0.3 is 0 Å². The molecular formula is C15H16N2OS. The van der Waals surface area contributed by atoms with Crippen LogP contribution in [0.5, 0.6) is 0 Å². The van der Waals surface area contributed by atoms with Crippen LogP contribution in [0.2, 0.25) is 0 Å². The van der Waals surface area contributed by atoms with Crippen LogP contribution >= 0.6 is 11.8 Å². The highest BCUT2D eigenvalue weighted by molar-refractivity contribution is 7.97. The van der Waals surface area contributed by atoms with Crippen LogP contribution in [0.3, 0.4) is 0 Å². The Kier molecular flexibility index (Phi) is 4.98. The first-order chi connectivity index (χ1) is 9.29. The SMILES string of the molecule is CSCc1ccc(C(=O)NCc2ccncc2)cc1. The summed E-state index contributed by atoms with van der Waals surface area (Å²) in [5.41, 5.74) is 2.97. The first-order valence-electron chi connectivity index (χ1n) is 6.04. The minimum atomic E-state index is -0.0486. The highest BCUT2D eigenvalue weighted by Gasteiger charge is 2.04. The van der Waals surface area contributed by atoms with Gasteiger partial charge in [-0.05, 0) is 41.6 Å². The van der Waals surface area contributed by atoms with E-state index >= 15 is 0 Å². The van der Waals surface area contributed by atoms with E-state index < -0.39 is 0 Å². The molecule has 0 saturated heterocycles. The molecule has 1 N–H and O–H groups in total. The van der Waals surface area contributed by atoms with Gasteiger partial charge in [0.1, 0.15) is 0 Å². The van der Waals surface area contributed by atoms with Crippen LogP contribution in [-0.4, -0.2) is 17.1 Å². The molecule has 0 aliphatic rings. The first kappa shape index (κ1) is 13.6. The van der Waals surface area contributed by atoms with Gasteiger partial charge in [-0.25, -0.2) is 0 Å². The van der Waals surface area contributed by atoms with Gasteiger partial charge in [0.15, 0.2) is 0 Å². The monoisotopic (exact) mass is 272 g/mol. The number of nitrogens with one attached hydrogen (secondary N) is 1. The van der Waals surface area contributed by atoms with Crippen molar-refractivity contribution in [1.29, 1.82) is 0 Å². The average molecular weight is 272 g/mol. The highest BCUT2D eigenvalue weighted by Crippen LogP contribution is 2.10. The van der Waals surface area contributed by atoms with E-state index in [0.29, 0.717) is 12.1 Å². The fourth-order valence-electron chi connectivity index (χ4n) is 1.70. The van der Waals surface area contributed by atoms with Crippen molar-refractivity contribution in [3.05, 3.63) is 65.5 Å². The number of aromatic nitrogens is 1. The third kappa shape index (κ3) is 4.10. The summed E-state index contributed by atoms with van der Waals surface area (Å²) in [6.07, 6.45) is 5.51. The van der Waals surface area contributed by atoms with Gasteiger partial charge in [0, 0.05) is 30.3 Å². The van der Waals surface area contributed by atoms with Crippen molar-refractivity contribution in [1.82, 2.24) is 10.3 Å². The van der Waals surface area contributed by atoms with Crippen LogP contribution in [0.1, 0.15) is 21.5 Å². The zero-order valence-corrected chi connectivity index (χ0v) is 11.6. The standard InChI is InChI=1S/C15H16N2OS/c1-19-11-13-2-4-14(5-3-13)15(18)17-10-12-6-8-16-9-7-12/h2-9H,10-11H2,1H3,(H,17,18). The van der Waals surface area contributed by atoms with Crippen molar-refractivity contribution in [2.24, 2.45) is 0 Å². The molecule has 0 aliphatic carbocycles. The Bertz CT molecular complexity index is 526. The van der Waals surface area contributed by atoms with E-state index in [1.807, 2.05) is 36.4 Å². The quantitative estimate of drug-likeness (QED) is 0.910. The summed E-state index contributed by atoms with van der Waals surface area (Å²) in [5, 5.41) is 2.89. The lowest BCUT2D eigenvalue weighted by atomic mass is 10.1. The normalized spacial score (nSPS) is 10.2. The van der Waals surface area contributed by atoms with Gasteiger partial charge in [-0.3, -0.25) is 9.78 Å². The molecule has 3 nitrogen and oxygen atoms in total. The lowest BCUT2D eigenvalue weighted by molar-refractivity contribution is 0.0951. The highest BCUT2D eigenvalue weighted by atomic mass is 32.2. The fraction of sp³-hybridized carbons (Fsp3) is 0.200. The molecule has 0 fully saturated rings. The van der Waals surface area contributed by atoms with Gasteiger partial charge in [-0.2, -0.15) is 11.8 Å². The molecular weight excluding hydrogens is 256 g/mol. The van der Waals surface area contributed by atoms with Gasteiger partial charge < -0.3 is 5.32 Å². The molecule has 0 atom stereocenters. The molecule has 0 saturated carbocycles. The van der Waals surface area contributed by atoms with E-state index in [-0.39, 0.29) is 5.91 Å². The Morgan fingerprint density at radius 2 is 1.79 bits per heavy atom.